The van der Waals surface area contributed by atoms with Gasteiger partial charge in [0, 0.05) is 43.2 Å². The van der Waals surface area contributed by atoms with Crippen molar-refractivity contribution >= 4 is 16.7 Å². The highest BCUT2D eigenvalue weighted by Gasteiger charge is 2.26. The van der Waals surface area contributed by atoms with Gasteiger partial charge < -0.3 is 20.7 Å². The van der Waals surface area contributed by atoms with Gasteiger partial charge in [-0.05, 0) is 36.2 Å². The van der Waals surface area contributed by atoms with Gasteiger partial charge >= 0.3 is 0 Å². The Hall–Kier alpha value is -3.52. The van der Waals surface area contributed by atoms with Crippen LogP contribution in [0.15, 0.2) is 48.8 Å². The zero-order valence-corrected chi connectivity index (χ0v) is 15.9. The quantitative estimate of drug-likeness (QED) is 0.480. The number of para-hydroxylation sites is 1. The summed E-state index contributed by atoms with van der Waals surface area (Å²) in [5.41, 5.74) is 9.49. The van der Waals surface area contributed by atoms with E-state index in [2.05, 4.69) is 19.9 Å². The van der Waals surface area contributed by atoms with Gasteiger partial charge in [-0.25, -0.2) is 13.8 Å². The lowest BCUT2D eigenvalue weighted by atomic mass is 10.0. The summed E-state index contributed by atoms with van der Waals surface area (Å²) < 4.78 is 28.2. The zero-order valence-electron chi connectivity index (χ0n) is 15.9. The number of rotatable bonds is 3. The number of H-pyrrole nitrogens is 1. The third-order valence-corrected chi connectivity index (χ3v) is 5.37. The van der Waals surface area contributed by atoms with Crippen molar-refractivity contribution in [3.05, 3.63) is 60.4 Å². The van der Waals surface area contributed by atoms with E-state index in [0.717, 1.165) is 18.2 Å². The second-order valence-electron chi connectivity index (χ2n) is 7.50. The first-order valence-electron chi connectivity index (χ1n) is 9.62. The van der Waals surface area contributed by atoms with Crippen molar-refractivity contribution in [1.82, 2.24) is 15.0 Å². The summed E-state index contributed by atoms with van der Waals surface area (Å²) in [4.78, 5) is 14.0. The summed E-state index contributed by atoms with van der Waals surface area (Å²) in [6.07, 6.45) is 4.09. The summed E-state index contributed by atoms with van der Waals surface area (Å²) in [5, 5.41) is 9.91. The average molecular weight is 407 g/mol. The molecule has 0 saturated carbocycles. The molecule has 152 valence electrons. The Kier molecular flexibility index (Phi) is 4.36. The van der Waals surface area contributed by atoms with E-state index < -0.39 is 11.6 Å². The van der Waals surface area contributed by atoms with Crippen LogP contribution < -0.4 is 10.6 Å². The fourth-order valence-electron chi connectivity index (χ4n) is 4.02. The molecule has 3 heterocycles. The number of anilines is 1. The molecular weight excluding hydrogens is 388 g/mol. The molecule has 0 aliphatic carbocycles. The third kappa shape index (κ3) is 3.15. The fraction of sp³-hybridized carbons (Fsp3) is 0.182. The number of imidazole rings is 1. The molecule has 8 heteroatoms. The molecule has 4 N–H and O–H groups in total. The number of hydrogen-bond donors (Lipinski definition) is 3. The van der Waals surface area contributed by atoms with Gasteiger partial charge in [-0.15, -0.1) is 0 Å². The number of aromatic amines is 1. The van der Waals surface area contributed by atoms with Crippen LogP contribution in [-0.2, 0) is 0 Å². The van der Waals surface area contributed by atoms with E-state index in [1.807, 2.05) is 0 Å². The maximum atomic E-state index is 14.2. The predicted molar refractivity (Wildman–Crippen MR) is 111 cm³/mol. The van der Waals surface area contributed by atoms with E-state index in [1.165, 1.54) is 18.2 Å². The number of halogens is 2. The van der Waals surface area contributed by atoms with Crippen LogP contribution in [-0.4, -0.2) is 39.2 Å². The number of hydrogen-bond acceptors (Lipinski definition) is 5. The van der Waals surface area contributed by atoms with Crippen molar-refractivity contribution in [2.24, 2.45) is 5.73 Å². The topological polar surface area (TPSA) is 91.1 Å². The number of phenols is 1. The Morgan fingerprint density at radius 3 is 2.70 bits per heavy atom. The SMILES string of the molecule is N[C@H]1CCN(c2c(-c3cc(O)cc(F)c3)cncc2-c2nc3c(F)cccc3[nH]2)C1. The van der Waals surface area contributed by atoms with Crippen LogP contribution in [0.5, 0.6) is 5.75 Å². The number of pyridine rings is 1. The molecular formula is C22H19F2N5O. The Morgan fingerprint density at radius 2 is 1.97 bits per heavy atom. The fourth-order valence-corrected chi connectivity index (χ4v) is 4.02. The van der Waals surface area contributed by atoms with Crippen molar-refractivity contribution in [1.29, 1.82) is 0 Å². The number of benzene rings is 2. The molecule has 30 heavy (non-hydrogen) atoms. The predicted octanol–water partition coefficient (Wildman–Crippen LogP) is 3.81. The Bertz CT molecular complexity index is 1240. The van der Waals surface area contributed by atoms with Crippen molar-refractivity contribution in [3.8, 4) is 28.3 Å². The Balaban J connectivity index is 1.75. The Morgan fingerprint density at radius 1 is 1.13 bits per heavy atom. The summed E-state index contributed by atoms with van der Waals surface area (Å²) in [5.74, 6) is -0.685. The van der Waals surface area contributed by atoms with E-state index in [1.54, 1.807) is 24.5 Å². The highest BCUT2D eigenvalue weighted by atomic mass is 19.1. The number of phenolic OH excluding ortho intramolecular Hbond substituents is 1. The minimum absolute atomic E-state index is 0.00731. The molecule has 0 bridgehead atoms. The number of aromatic hydroxyl groups is 1. The maximum absolute atomic E-state index is 14.2. The van der Waals surface area contributed by atoms with Gasteiger partial charge in [0.15, 0.2) is 5.82 Å². The van der Waals surface area contributed by atoms with Crippen LogP contribution in [0, 0.1) is 11.6 Å². The summed E-state index contributed by atoms with van der Waals surface area (Å²) in [6, 6.07) is 8.62. The van der Waals surface area contributed by atoms with E-state index in [4.69, 9.17) is 5.73 Å². The molecule has 1 aliphatic rings. The van der Waals surface area contributed by atoms with Gasteiger partial charge in [-0.1, -0.05) is 6.07 Å². The summed E-state index contributed by atoms with van der Waals surface area (Å²) in [7, 11) is 0. The summed E-state index contributed by atoms with van der Waals surface area (Å²) >= 11 is 0. The smallest absolute Gasteiger partial charge is 0.151 e. The lowest BCUT2D eigenvalue weighted by molar-refractivity contribution is 0.469. The molecule has 0 radical (unpaired) electrons. The maximum Gasteiger partial charge on any atom is 0.151 e. The van der Waals surface area contributed by atoms with Gasteiger partial charge in [-0.3, -0.25) is 4.98 Å². The van der Waals surface area contributed by atoms with Gasteiger partial charge in [0.2, 0.25) is 0 Å². The second-order valence-corrected chi connectivity index (χ2v) is 7.50. The standard InChI is InChI=1S/C22H19F2N5O/c23-13-6-12(7-15(30)8-13)16-9-26-10-17(21(16)29-5-4-14(25)11-29)22-27-19-3-1-2-18(24)20(19)28-22/h1-3,6-10,14,30H,4-5,11,25H2,(H,27,28)/t14-/m0/s1. The number of nitrogens with zero attached hydrogens (tertiary/aromatic N) is 3. The third-order valence-electron chi connectivity index (χ3n) is 5.37. The lowest BCUT2D eigenvalue weighted by Gasteiger charge is -2.24. The highest BCUT2D eigenvalue weighted by molar-refractivity contribution is 5.91. The average Bonchev–Trinajstić information content (AvgIpc) is 3.34. The summed E-state index contributed by atoms with van der Waals surface area (Å²) in [6.45, 7) is 1.32. The molecule has 5 rings (SSSR count). The first-order chi connectivity index (χ1) is 14.5. The van der Waals surface area contributed by atoms with E-state index >= 15 is 0 Å². The van der Waals surface area contributed by atoms with Gasteiger partial charge in [0.25, 0.3) is 0 Å². The molecule has 0 spiro atoms. The van der Waals surface area contributed by atoms with Crippen molar-refractivity contribution in [2.75, 3.05) is 18.0 Å². The van der Waals surface area contributed by atoms with Crippen molar-refractivity contribution in [2.45, 2.75) is 12.5 Å². The van der Waals surface area contributed by atoms with Crippen LogP contribution in [0.1, 0.15) is 6.42 Å². The number of nitrogens with two attached hydrogens (primary N) is 1. The number of nitrogens with one attached hydrogen (secondary N) is 1. The second kappa shape index (κ2) is 7.07. The van der Waals surface area contributed by atoms with Gasteiger partial charge in [0.05, 0.1) is 16.8 Å². The number of aromatic nitrogens is 3. The molecule has 1 fully saturated rings. The van der Waals surface area contributed by atoms with Crippen LogP contribution in [0.2, 0.25) is 0 Å². The van der Waals surface area contributed by atoms with E-state index in [9.17, 15) is 13.9 Å². The molecule has 1 atom stereocenters. The number of fused-ring (bicyclic) bond motifs is 1. The van der Waals surface area contributed by atoms with Crippen LogP contribution in [0.3, 0.4) is 0 Å². The lowest BCUT2D eigenvalue weighted by Crippen LogP contribution is -2.27. The molecule has 4 aromatic rings. The minimum atomic E-state index is -0.551. The van der Waals surface area contributed by atoms with Crippen LogP contribution >= 0.6 is 0 Å². The molecule has 2 aromatic heterocycles. The zero-order chi connectivity index (χ0) is 20.8. The van der Waals surface area contributed by atoms with Crippen molar-refractivity contribution in [3.63, 3.8) is 0 Å². The molecule has 0 amide bonds. The first-order valence-corrected chi connectivity index (χ1v) is 9.62. The van der Waals surface area contributed by atoms with Gasteiger partial charge in [-0.2, -0.15) is 0 Å². The highest BCUT2D eigenvalue weighted by Crippen LogP contribution is 2.40. The minimum Gasteiger partial charge on any atom is -0.508 e. The van der Waals surface area contributed by atoms with E-state index in [0.29, 0.717) is 41.1 Å². The monoisotopic (exact) mass is 407 g/mol. The van der Waals surface area contributed by atoms with Crippen LogP contribution in [0.25, 0.3) is 33.5 Å². The molecule has 6 nitrogen and oxygen atoms in total. The molecule has 1 saturated heterocycles. The van der Waals surface area contributed by atoms with Crippen molar-refractivity contribution < 1.29 is 13.9 Å². The largest absolute Gasteiger partial charge is 0.508 e. The molecule has 1 aliphatic heterocycles. The Labute approximate surface area is 171 Å². The van der Waals surface area contributed by atoms with Crippen LogP contribution in [0.4, 0.5) is 14.5 Å². The molecule has 0 unspecified atom stereocenters. The van der Waals surface area contributed by atoms with Gasteiger partial charge in [0.1, 0.15) is 22.9 Å². The molecule has 2 aromatic carbocycles. The van der Waals surface area contributed by atoms with E-state index in [-0.39, 0.29) is 17.3 Å². The normalized spacial score (nSPS) is 16.5. The first kappa shape index (κ1) is 18.5.